The van der Waals surface area contributed by atoms with Crippen LogP contribution < -0.4 is 5.32 Å². The maximum absolute atomic E-state index is 4.29. The van der Waals surface area contributed by atoms with Gasteiger partial charge in [-0.1, -0.05) is 19.8 Å². The lowest BCUT2D eigenvalue weighted by Gasteiger charge is -2.19. The van der Waals surface area contributed by atoms with Crippen LogP contribution in [0.1, 0.15) is 51.1 Å². The SMILES string of the molecule is CCCNC(CCc1ccnn1C)C1C2CCCCC21. The summed E-state index contributed by atoms with van der Waals surface area (Å²) in [7, 11) is 2.06. The van der Waals surface area contributed by atoms with Gasteiger partial charge < -0.3 is 5.32 Å². The smallest absolute Gasteiger partial charge is 0.0492 e. The third-order valence-corrected chi connectivity index (χ3v) is 5.48. The number of nitrogens with one attached hydrogen (secondary N) is 1. The number of aryl methyl sites for hydroxylation is 2. The van der Waals surface area contributed by atoms with Gasteiger partial charge in [0.15, 0.2) is 0 Å². The van der Waals surface area contributed by atoms with Crippen molar-refractivity contribution >= 4 is 0 Å². The van der Waals surface area contributed by atoms with Crippen LogP contribution >= 0.6 is 0 Å². The fourth-order valence-corrected chi connectivity index (χ4v) is 4.35. The number of aromatic nitrogens is 2. The molecule has 2 aliphatic rings. The molecule has 2 fully saturated rings. The standard InChI is InChI=1S/C17H29N3/c1-3-11-18-16(9-8-13-10-12-19-20(13)2)17-14-6-4-5-7-15(14)17/h10,12,14-18H,3-9,11H2,1-2H3. The van der Waals surface area contributed by atoms with Crippen molar-refractivity contribution in [1.82, 2.24) is 15.1 Å². The second-order valence-electron chi connectivity index (χ2n) is 6.73. The van der Waals surface area contributed by atoms with E-state index in [-0.39, 0.29) is 0 Å². The van der Waals surface area contributed by atoms with Crippen LogP contribution in [0, 0.1) is 17.8 Å². The number of rotatable bonds is 7. The van der Waals surface area contributed by atoms with Gasteiger partial charge in [0, 0.05) is 25.0 Å². The van der Waals surface area contributed by atoms with E-state index in [0.717, 1.165) is 30.2 Å². The van der Waals surface area contributed by atoms with Gasteiger partial charge in [0.1, 0.15) is 0 Å². The largest absolute Gasteiger partial charge is 0.314 e. The lowest BCUT2D eigenvalue weighted by molar-refractivity contribution is 0.403. The molecule has 1 aromatic rings. The minimum absolute atomic E-state index is 0.734. The molecule has 1 N–H and O–H groups in total. The molecule has 0 amide bonds. The van der Waals surface area contributed by atoms with Crippen molar-refractivity contribution in [2.24, 2.45) is 24.8 Å². The van der Waals surface area contributed by atoms with E-state index in [2.05, 4.69) is 30.5 Å². The summed E-state index contributed by atoms with van der Waals surface area (Å²) < 4.78 is 2.02. The molecular formula is C17H29N3. The molecule has 2 saturated carbocycles. The van der Waals surface area contributed by atoms with Crippen molar-refractivity contribution in [1.29, 1.82) is 0 Å². The summed E-state index contributed by atoms with van der Waals surface area (Å²) >= 11 is 0. The Kier molecular flexibility index (Phi) is 4.45. The van der Waals surface area contributed by atoms with Crippen molar-refractivity contribution < 1.29 is 0 Å². The summed E-state index contributed by atoms with van der Waals surface area (Å²) in [5.41, 5.74) is 1.37. The number of fused-ring (bicyclic) bond motifs is 1. The molecule has 3 nitrogen and oxygen atoms in total. The van der Waals surface area contributed by atoms with Crippen molar-refractivity contribution in [2.75, 3.05) is 6.54 Å². The summed E-state index contributed by atoms with van der Waals surface area (Å²) in [6.45, 7) is 3.44. The highest BCUT2D eigenvalue weighted by Crippen LogP contribution is 2.57. The summed E-state index contributed by atoms with van der Waals surface area (Å²) in [5, 5.41) is 8.13. The summed E-state index contributed by atoms with van der Waals surface area (Å²) in [6, 6.07) is 2.90. The number of nitrogens with zero attached hydrogens (tertiary/aromatic N) is 2. The van der Waals surface area contributed by atoms with E-state index < -0.39 is 0 Å². The molecule has 3 heteroatoms. The molecule has 0 aromatic carbocycles. The van der Waals surface area contributed by atoms with Crippen molar-refractivity contribution in [2.45, 2.75) is 57.9 Å². The van der Waals surface area contributed by atoms with E-state index in [4.69, 9.17) is 0 Å². The lowest BCUT2D eigenvalue weighted by atomic mass is 10.0. The fraction of sp³-hybridized carbons (Fsp3) is 0.824. The molecule has 0 bridgehead atoms. The average molecular weight is 275 g/mol. The van der Waals surface area contributed by atoms with E-state index in [1.807, 2.05) is 10.9 Å². The van der Waals surface area contributed by atoms with Crippen LogP contribution in [0.5, 0.6) is 0 Å². The van der Waals surface area contributed by atoms with Crippen LogP contribution in [0.2, 0.25) is 0 Å². The second-order valence-corrected chi connectivity index (χ2v) is 6.73. The van der Waals surface area contributed by atoms with Gasteiger partial charge in [-0.25, -0.2) is 0 Å². The van der Waals surface area contributed by atoms with Crippen LogP contribution in [-0.4, -0.2) is 22.4 Å². The summed E-state index contributed by atoms with van der Waals surface area (Å²) in [4.78, 5) is 0. The van der Waals surface area contributed by atoms with Gasteiger partial charge in [-0.3, -0.25) is 4.68 Å². The predicted octanol–water partition coefficient (Wildman–Crippen LogP) is 3.16. The number of hydrogen-bond acceptors (Lipinski definition) is 2. The first-order valence-electron chi connectivity index (χ1n) is 8.51. The Morgan fingerprint density at radius 1 is 1.35 bits per heavy atom. The zero-order valence-electron chi connectivity index (χ0n) is 13.0. The van der Waals surface area contributed by atoms with Crippen LogP contribution in [-0.2, 0) is 13.5 Å². The third-order valence-electron chi connectivity index (χ3n) is 5.48. The van der Waals surface area contributed by atoms with Crippen molar-refractivity contribution in [3.05, 3.63) is 18.0 Å². The van der Waals surface area contributed by atoms with E-state index in [9.17, 15) is 0 Å². The van der Waals surface area contributed by atoms with Crippen molar-refractivity contribution in [3.8, 4) is 0 Å². The Hall–Kier alpha value is -0.830. The molecule has 1 heterocycles. The predicted molar refractivity (Wildman–Crippen MR) is 82.5 cm³/mol. The first-order valence-corrected chi connectivity index (χ1v) is 8.51. The summed E-state index contributed by atoms with van der Waals surface area (Å²) in [6.07, 6.45) is 11.5. The van der Waals surface area contributed by atoms with Crippen LogP contribution in [0.3, 0.4) is 0 Å². The first kappa shape index (κ1) is 14.1. The van der Waals surface area contributed by atoms with Gasteiger partial charge in [0.2, 0.25) is 0 Å². The maximum Gasteiger partial charge on any atom is 0.0492 e. The third kappa shape index (κ3) is 2.93. The molecule has 3 rings (SSSR count). The molecule has 0 aliphatic heterocycles. The van der Waals surface area contributed by atoms with E-state index in [1.165, 1.54) is 50.8 Å². The quantitative estimate of drug-likeness (QED) is 0.828. The van der Waals surface area contributed by atoms with E-state index in [1.54, 1.807) is 0 Å². The van der Waals surface area contributed by atoms with Crippen LogP contribution in [0.25, 0.3) is 0 Å². The van der Waals surface area contributed by atoms with E-state index >= 15 is 0 Å². The minimum Gasteiger partial charge on any atom is -0.314 e. The molecule has 1 aromatic heterocycles. The Balaban J connectivity index is 1.57. The van der Waals surface area contributed by atoms with Gasteiger partial charge in [-0.2, -0.15) is 5.10 Å². The molecule has 3 atom stereocenters. The van der Waals surface area contributed by atoms with Gasteiger partial charge in [-0.15, -0.1) is 0 Å². The zero-order chi connectivity index (χ0) is 13.9. The number of hydrogen-bond donors (Lipinski definition) is 1. The normalized spacial score (nSPS) is 30.0. The van der Waals surface area contributed by atoms with Crippen LogP contribution in [0.15, 0.2) is 12.3 Å². The van der Waals surface area contributed by atoms with Crippen LogP contribution in [0.4, 0.5) is 0 Å². The Labute approximate surface area is 123 Å². The molecule has 0 saturated heterocycles. The molecule has 2 aliphatic carbocycles. The van der Waals surface area contributed by atoms with Gasteiger partial charge in [0.25, 0.3) is 0 Å². The molecule has 20 heavy (non-hydrogen) atoms. The maximum atomic E-state index is 4.29. The average Bonchev–Trinajstić information content (AvgIpc) is 3.05. The van der Waals surface area contributed by atoms with E-state index in [0.29, 0.717) is 0 Å². The minimum atomic E-state index is 0.734. The second kappa shape index (κ2) is 6.30. The monoisotopic (exact) mass is 275 g/mol. The summed E-state index contributed by atoms with van der Waals surface area (Å²) in [5.74, 6) is 3.06. The van der Waals surface area contributed by atoms with Gasteiger partial charge in [0.05, 0.1) is 0 Å². The first-order chi connectivity index (χ1) is 9.81. The van der Waals surface area contributed by atoms with Gasteiger partial charge >= 0.3 is 0 Å². The lowest BCUT2D eigenvalue weighted by Crippen LogP contribution is -2.33. The zero-order valence-corrected chi connectivity index (χ0v) is 13.0. The highest BCUT2D eigenvalue weighted by molar-refractivity contribution is 5.07. The van der Waals surface area contributed by atoms with Crippen molar-refractivity contribution in [3.63, 3.8) is 0 Å². The molecule has 0 radical (unpaired) electrons. The topological polar surface area (TPSA) is 29.9 Å². The molecule has 0 spiro atoms. The van der Waals surface area contributed by atoms with Gasteiger partial charge in [-0.05, 0) is 62.5 Å². The Morgan fingerprint density at radius 2 is 2.10 bits per heavy atom. The molecule has 3 unspecified atom stereocenters. The highest BCUT2D eigenvalue weighted by Gasteiger charge is 2.53. The Bertz CT molecular complexity index is 414. The highest BCUT2D eigenvalue weighted by atomic mass is 15.2. The molecular weight excluding hydrogens is 246 g/mol. The Morgan fingerprint density at radius 3 is 2.70 bits per heavy atom. The molecule has 112 valence electrons. The fourth-order valence-electron chi connectivity index (χ4n) is 4.35.